The largest absolute Gasteiger partial charge is 0.493 e. The van der Waals surface area contributed by atoms with Gasteiger partial charge in [0.1, 0.15) is 5.82 Å². The molecule has 0 aliphatic heterocycles. The second-order valence-electron chi connectivity index (χ2n) is 8.59. The number of unbranched alkanes of at least 4 members (excludes halogenated alkanes) is 1. The van der Waals surface area contributed by atoms with Gasteiger partial charge in [0.05, 0.1) is 60.5 Å². The summed E-state index contributed by atoms with van der Waals surface area (Å²) in [5, 5.41) is 6.20. The van der Waals surface area contributed by atoms with E-state index < -0.39 is 0 Å². The van der Waals surface area contributed by atoms with Gasteiger partial charge in [-0.1, -0.05) is 5.11 Å². The number of carbonyl (C=O) groups excluding carboxylic acids is 1. The summed E-state index contributed by atoms with van der Waals surface area (Å²) in [6.07, 6.45) is 3.77. The number of nitrogens with one attached hydrogen (secondary N) is 1. The van der Waals surface area contributed by atoms with E-state index >= 15 is 0 Å². The Hall–Kier alpha value is -4.04. The van der Waals surface area contributed by atoms with E-state index in [9.17, 15) is 4.79 Å². The number of azide groups is 1. The molecule has 0 fully saturated rings. The Morgan fingerprint density at radius 2 is 1.63 bits per heavy atom. The minimum Gasteiger partial charge on any atom is -0.493 e. The summed E-state index contributed by atoms with van der Waals surface area (Å²) in [7, 11) is 3.11. The van der Waals surface area contributed by atoms with E-state index in [0.29, 0.717) is 108 Å². The van der Waals surface area contributed by atoms with Gasteiger partial charge in [-0.3, -0.25) is 4.79 Å². The van der Waals surface area contributed by atoms with Gasteiger partial charge in [-0.05, 0) is 36.1 Å². The van der Waals surface area contributed by atoms with Crippen molar-refractivity contribution in [3.05, 3.63) is 39.9 Å². The molecule has 226 valence electrons. The van der Waals surface area contributed by atoms with Gasteiger partial charge in [-0.2, -0.15) is 4.98 Å². The van der Waals surface area contributed by atoms with Crippen molar-refractivity contribution in [3.8, 4) is 17.2 Å². The average Bonchev–Trinajstić information content (AvgIpc) is 2.96. The Bertz CT molecular complexity index is 1090. The van der Waals surface area contributed by atoms with Gasteiger partial charge in [0.15, 0.2) is 11.5 Å². The minimum absolute atomic E-state index is 0.0480. The second kappa shape index (κ2) is 19.9. The maximum atomic E-state index is 12.1. The number of benzene rings is 1. The standard InChI is InChI=1S/C26H40N8O7/c1-36-21-16-19(15-20-18-31-26(28)33-25(20)27)17-22(37-2)24(21)41-8-4-3-5-23(35)30-6-9-38-11-13-40-14-12-39-10-7-32-34-29/h16-18H,3-15H2,1-2H3,(H,30,35)(H4,27,28,31,33). The van der Waals surface area contributed by atoms with Crippen LogP contribution in [0, 0.1) is 0 Å². The molecule has 2 rings (SSSR count). The molecule has 0 atom stereocenters. The quantitative estimate of drug-likeness (QED) is 0.0800. The molecule has 0 radical (unpaired) electrons. The van der Waals surface area contributed by atoms with Crippen LogP contribution >= 0.6 is 0 Å². The van der Waals surface area contributed by atoms with Gasteiger partial charge in [-0.15, -0.1) is 0 Å². The Labute approximate surface area is 239 Å². The molecule has 0 saturated carbocycles. The first-order valence-corrected chi connectivity index (χ1v) is 13.2. The van der Waals surface area contributed by atoms with Crippen LogP contribution in [0.15, 0.2) is 23.4 Å². The molecule has 15 heteroatoms. The molecule has 5 N–H and O–H groups in total. The number of hydrogen-bond donors (Lipinski definition) is 3. The summed E-state index contributed by atoms with van der Waals surface area (Å²) < 4.78 is 33.0. The predicted molar refractivity (Wildman–Crippen MR) is 152 cm³/mol. The zero-order chi connectivity index (χ0) is 29.7. The fraction of sp³-hybridized carbons (Fsp3) is 0.577. The fourth-order valence-corrected chi connectivity index (χ4v) is 3.57. The average molecular weight is 577 g/mol. The lowest BCUT2D eigenvalue weighted by Crippen LogP contribution is -2.27. The van der Waals surface area contributed by atoms with E-state index in [-0.39, 0.29) is 11.9 Å². The van der Waals surface area contributed by atoms with Gasteiger partial charge in [0.25, 0.3) is 0 Å². The molecule has 41 heavy (non-hydrogen) atoms. The molecular formula is C26H40N8O7. The smallest absolute Gasteiger partial charge is 0.221 e. The number of nitrogen functional groups attached to an aromatic ring is 2. The summed E-state index contributed by atoms with van der Waals surface area (Å²) >= 11 is 0. The highest BCUT2D eigenvalue weighted by atomic mass is 16.5. The summed E-state index contributed by atoms with van der Waals surface area (Å²) in [5.41, 5.74) is 21.3. The van der Waals surface area contributed by atoms with Crippen molar-refractivity contribution in [2.75, 3.05) is 85.0 Å². The van der Waals surface area contributed by atoms with Crippen molar-refractivity contribution in [1.29, 1.82) is 0 Å². The van der Waals surface area contributed by atoms with Crippen molar-refractivity contribution in [2.45, 2.75) is 25.7 Å². The Balaban J connectivity index is 1.60. The summed E-state index contributed by atoms with van der Waals surface area (Å²) in [6.45, 7) is 3.59. The van der Waals surface area contributed by atoms with Crippen molar-refractivity contribution < 1.29 is 33.2 Å². The third kappa shape index (κ3) is 13.2. The highest BCUT2D eigenvalue weighted by Gasteiger charge is 2.16. The normalized spacial score (nSPS) is 10.6. The van der Waals surface area contributed by atoms with Crippen LogP contribution in [0.2, 0.25) is 0 Å². The first kappa shape index (κ1) is 33.2. The molecule has 0 unspecified atom stereocenters. The maximum absolute atomic E-state index is 12.1. The van der Waals surface area contributed by atoms with Crippen molar-refractivity contribution >= 4 is 17.7 Å². The third-order valence-electron chi connectivity index (χ3n) is 5.59. The number of amides is 1. The molecule has 0 spiro atoms. The highest BCUT2D eigenvalue weighted by molar-refractivity contribution is 5.75. The SMILES string of the molecule is COc1cc(Cc2cnc(N)nc2N)cc(OC)c1OCCCCC(=O)NCCOCCOCCOCCN=[N+]=[N-]. The predicted octanol–water partition coefficient (Wildman–Crippen LogP) is 2.27. The van der Waals surface area contributed by atoms with Crippen molar-refractivity contribution in [2.24, 2.45) is 5.11 Å². The molecule has 0 aliphatic carbocycles. The van der Waals surface area contributed by atoms with Gasteiger partial charge in [0.2, 0.25) is 17.6 Å². The van der Waals surface area contributed by atoms with Crippen LogP contribution in [0.1, 0.15) is 30.4 Å². The molecule has 1 heterocycles. The van der Waals surface area contributed by atoms with E-state index in [1.165, 1.54) is 0 Å². The van der Waals surface area contributed by atoms with Gasteiger partial charge < -0.3 is 45.2 Å². The van der Waals surface area contributed by atoms with Crippen LogP contribution < -0.4 is 31.0 Å². The molecular weight excluding hydrogens is 536 g/mol. The number of anilines is 2. The van der Waals surface area contributed by atoms with Crippen LogP contribution in [0.25, 0.3) is 10.4 Å². The number of nitrogens with zero attached hydrogens (tertiary/aromatic N) is 5. The highest BCUT2D eigenvalue weighted by Crippen LogP contribution is 2.39. The Morgan fingerprint density at radius 3 is 2.27 bits per heavy atom. The Morgan fingerprint density at radius 1 is 0.976 bits per heavy atom. The van der Waals surface area contributed by atoms with E-state index in [1.54, 1.807) is 20.4 Å². The zero-order valence-corrected chi connectivity index (χ0v) is 23.7. The summed E-state index contributed by atoms with van der Waals surface area (Å²) in [5.74, 6) is 1.92. The van der Waals surface area contributed by atoms with Gasteiger partial charge >= 0.3 is 0 Å². The number of carbonyl (C=O) groups is 1. The number of methoxy groups -OCH3 is 2. The first-order chi connectivity index (χ1) is 20.0. The van der Waals surface area contributed by atoms with Crippen molar-refractivity contribution in [1.82, 2.24) is 15.3 Å². The number of hydrogen-bond acceptors (Lipinski definition) is 12. The maximum Gasteiger partial charge on any atom is 0.221 e. The third-order valence-corrected chi connectivity index (χ3v) is 5.59. The second-order valence-corrected chi connectivity index (χ2v) is 8.59. The lowest BCUT2D eigenvalue weighted by atomic mass is 10.1. The molecule has 15 nitrogen and oxygen atoms in total. The van der Waals surface area contributed by atoms with Gasteiger partial charge in [-0.25, -0.2) is 4.98 Å². The molecule has 0 bridgehead atoms. The van der Waals surface area contributed by atoms with E-state index in [2.05, 4.69) is 25.3 Å². The van der Waals surface area contributed by atoms with E-state index in [0.717, 1.165) is 11.1 Å². The monoisotopic (exact) mass is 576 g/mol. The number of nitrogens with two attached hydrogens (primary N) is 2. The van der Waals surface area contributed by atoms with E-state index in [1.807, 2.05) is 12.1 Å². The first-order valence-electron chi connectivity index (χ1n) is 13.2. The molecule has 1 amide bonds. The zero-order valence-electron chi connectivity index (χ0n) is 23.7. The summed E-state index contributed by atoms with van der Waals surface area (Å²) in [6, 6.07) is 3.70. The van der Waals surface area contributed by atoms with Gasteiger partial charge in [0, 0.05) is 42.6 Å². The topological polar surface area (TPSA) is 211 Å². The fourth-order valence-electron chi connectivity index (χ4n) is 3.57. The van der Waals surface area contributed by atoms with Crippen LogP contribution in [-0.4, -0.2) is 89.4 Å². The number of ether oxygens (including phenoxy) is 6. The summed E-state index contributed by atoms with van der Waals surface area (Å²) in [4.78, 5) is 22.7. The van der Waals surface area contributed by atoms with Crippen LogP contribution in [0.4, 0.5) is 11.8 Å². The lowest BCUT2D eigenvalue weighted by Gasteiger charge is -2.16. The van der Waals surface area contributed by atoms with Crippen LogP contribution in [-0.2, 0) is 25.4 Å². The van der Waals surface area contributed by atoms with Crippen molar-refractivity contribution in [3.63, 3.8) is 0 Å². The molecule has 1 aromatic heterocycles. The molecule has 2 aromatic rings. The number of aromatic nitrogens is 2. The molecule has 1 aromatic carbocycles. The van der Waals surface area contributed by atoms with E-state index in [4.69, 9.17) is 45.4 Å². The minimum atomic E-state index is -0.0480. The molecule has 0 saturated heterocycles. The van der Waals surface area contributed by atoms with Crippen LogP contribution in [0.5, 0.6) is 17.2 Å². The Kier molecular flexibility index (Phi) is 16.1. The number of rotatable bonds is 22. The van der Waals surface area contributed by atoms with Crippen LogP contribution in [0.3, 0.4) is 0 Å². The lowest BCUT2D eigenvalue weighted by molar-refractivity contribution is -0.121. The molecule has 0 aliphatic rings.